The second-order valence-electron chi connectivity index (χ2n) is 7.46. The minimum Gasteiger partial charge on any atom is -0.396 e. The van der Waals surface area contributed by atoms with Crippen LogP contribution in [0.1, 0.15) is 35.2 Å². The van der Waals surface area contributed by atoms with Gasteiger partial charge in [-0.3, -0.25) is 9.59 Å². The number of hydrogen-bond acceptors (Lipinski definition) is 4. The Balaban J connectivity index is 1.54. The summed E-state index contributed by atoms with van der Waals surface area (Å²) in [6.45, 7) is 3.95. The van der Waals surface area contributed by atoms with Crippen molar-refractivity contribution in [3.05, 3.63) is 35.4 Å². The Kier molecular flexibility index (Phi) is 5.94. The molecule has 0 unspecified atom stereocenters. The van der Waals surface area contributed by atoms with E-state index in [1.807, 2.05) is 36.1 Å². The van der Waals surface area contributed by atoms with E-state index in [0.717, 1.165) is 11.1 Å². The Bertz CT molecular complexity index is 655. The first kappa shape index (κ1) is 18.9. The quantitative estimate of drug-likeness (QED) is 0.844. The van der Waals surface area contributed by atoms with Gasteiger partial charge >= 0.3 is 0 Å². The zero-order valence-corrected chi connectivity index (χ0v) is 15.3. The Labute approximate surface area is 154 Å². The molecule has 3 rings (SSSR count). The number of piperidine rings is 2. The number of likely N-dealkylation sites (tertiary alicyclic amines) is 2. The molecule has 1 aromatic carbocycles. The van der Waals surface area contributed by atoms with Crippen LogP contribution in [-0.4, -0.2) is 70.7 Å². The van der Waals surface area contributed by atoms with Crippen LogP contribution in [0.4, 0.5) is 0 Å². The molecule has 0 spiro atoms. The molecule has 2 aliphatic rings. The van der Waals surface area contributed by atoms with Gasteiger partial charge in [-0.2, -0.15) is 0 Å². The Hall–Kier alpha value is -1.92. The van der Waals surface area contributed by atoms with Gasteiger partial charge in [-0.05, 0) is 37.8 Å². The number of hydrogen-bond donors (Lipinski definition) is 2. The SMILES string of the molecule is Cc1ccccc1C(=O)N1CCC(C(=O)N2CC[C@H](CO)[C@H](O)C2)CC1. The third kappa shape index (κ3) is 3.91. The largest absolute Gasteiger partial charge is 0.396 e. The molecule has 6 nitrogen and oxygen atoms in total. The van der Waals surface area contributed by atoms with Crippen LogP contribution in [0.3, 0.4) is 0 Å². The maximum absolute atomic E-state index is 12.7. The molecule has 6 heteroatoms. The average molecular weight is 360 g/mol. The van der Waals surface area contributed by atoms with Crippen LogP contribution in [0.25, 0.3) is 0 Å². The third-order valence-corrected chi connectivity index (χ3v) is 5.77. The number of aliphatic hydroxyl groups excluding tert-OH is 2. The van der Waals surface area contributed by atoms with Crippen LogP contribution in [0.2, 0.25) is 0 Å². The molecule has 0 bridgehead atoms. The highest BCUT2D eigenvalue weighted by Gasteiger charge is 2.35. The van der Waals surface area contributed by atoms with Crippen LogP contribution in [0.15, 0.2) is 24.3 Å². The highest BCUT2D eigenvalue weighted by molar-refractivity contribution is 5.95. The summed E-state index contributed by atoms with van der Waals surface area (Å²) in [4.78, 5) is 29.0. The zero-order valence-electron chi connectivity index (χ0n) is 15.3. The number of carbonyl (C=O) groups excluding carboxylic acids is 2. The fourth-order valence-electron chi connectivity index (χ4n) is 3.96. The van der Waals surface area contributed by atoms with E-state index in [9.17, 15) is 19.8 Å². The van der Waals surface area contributed by atoms with Crippen LogP contribution in [-0.2, 0) is 4.79 Å². The maximum atomic E-state index is 12.7. The van der Waals surface area contributed by atoms with Gasteiger partial charge in [-0.15, -0.1) is 0 Å². The first-order valence-corrected chi connectivity index (χ1v) is 9.44. The number of carbonyl (C=O) groups is 2. The molecule has 26 heavy (non-hydrogen) atoms. The Morgan fingerprint density at radius 3 is 2.35 bits per heavy atom. The normalized spacial score (nSPS) is 24.6. The minimum absolute atomic E-state index is 0.0354. The fraction of sp³-hybridized carbons (Fsp3) is 0.600. The van der Waals surface area contributed by atoms with Gasteiger partial charge in [-0.1, -0.05) is 18.2 Å². The van der Waals surface area contributed by atoms with Crippen molar-refractivity contribution in [2.45, 2.75) is 32.3 Å². The summed E-state index contributed by atoms with van der Waals surface area (Å²) in [5.41, 5.74) is 1.70. The molecule has 2 heterocycles. The molecule has 0 aliphatic carbocycles. The van der Waals surface area contributed by atoms with E-state index in [2.05, 4.69) is 0 Å². The molecule has 2 fully saturated rings. The number of rotatable bonds is 3. The van der Waals surface area contributed by atoms with E-state index in [4.69, 9.17) is 0 Å². The summed E-state index contributed by atoms with van der Waals surface area (Å²) in [6.07, 6.45) is 1.30. The first-order valence-electron chi connectivity index (χ1n) is 9.44. The number of β-amino-alcohol motifs (C(OH)–C–C–N with tert-alkyl or cyclic N) is 1. The lowest BCUT2D eigenvalue weighted by Gasteiger charge is -2.39. The lowest BCUT2D eigenvalue weighted by atomic mass is 9.91. The molecule has 2 saturated heterocycles. The van der Waals surface area contributed by atoms with Gasteiger partial charge in [0.1, 0.15) is 0 Å². The summed E-state index contributed by atoms with van der Waals surface area (Å²) < 4.78 is 0. The van der Waals surface area contributed by atoms with Crippen molar-refractivity contribution in [3.63, 3.8) is 0 Å². The average Bonchev–Trinajstić information content (AvgIpc) is 2.67. The minimum atomic E-state index is -0.652. The van der Waals surface area contributed by atoms with Crippen molar-refractivity contribution in [2.75, 3.05) is 32.8 Å². The second kappa shape index (κ2) is 8.18. The summed E-state index contributed by atoms with van der Waals surface area (Å²) in [5.74, 6) is -0.113. The van der Waals surface area contributed by atoms with Crippen molar-refractivity contribution < 1.29 is 19.8 Å². The van der Waals surface area contributed by atoms with Crippen molar-refractivity contribution >= 4 is 11.8 Å². The van der Waals surface area contributed by atoms with Gasteiger partial charge in [0.25, 0.3) is 5.91 Å². The van der Waals surface area contributed by atoms with E-state index >= 15 is 0 Å². The van der Waals surface area contributed by atoms with Gasteiger partial charge in [0, 0.05) is 50.2 Å². The molecule has 0 aromatic heterocycles. The van der Waals surface area contributed by atoms with Crippen LogP contribution in [0.5, 0.6) is 0 Å². The molecular formula is C20H28N2O4. The predicted octanol–water partition coefficient (Wildman–Crippen LogP) is 1.05. The molecule has 2 aliphatic heterocycles. The third-order valence-electron chi connectivity index (χ3n) is 5.77. The zero-order chi connectivity index (χ0) is 18.7. The lowest BCUT2D eigenvalue weighted by Crippen LogP contribution is -2.51. The van der Waals surface area contributed by atoms with Crippen molar-refractivity contribution in [1.82, 2.24) is 9.80 Å². The lowest BCUT2D eigenvalue weighted by molar-refractivity contribution is -0.142. The summed E-state index contributed by atoms with van der Waals surface area (Å²) in [6, 6.07) is 7.58. The highest BCUT2D eigenvalue weighted by atomic mass is 16.3. The summed E-state index contributed by atoms with van der Waals surface area (Å²) >= 11 is 0. The molecule has 142 valence electrons. The standard InChI is InChI=1S/C20H28N2O4/c1-14-4-2-3-5-17(14)20(26)21-9-6-15(7-10-21)19(25)22-11-8-16(13-23)18(24)12-22/h2-5,15-16,18,23-24H,6-13H2,1H3/t16-,18-/m1/s1. The van der Waals surface area contributed by atoms with Crippen molar-refractivity contribution in [3.8, 4) is 0 Å². The van der Waals surface area contributed by atoms with Gasteiger partial charge in [-0.25, -0.2) is 0 Å². The molecule has 2 amide bonds. The van der Waals surface area contributed by atoms with Crippen molar-refractivity contribution in [2.24, 2.45) is 11.8 Å². The second-order valence-corrected chi connectivity index (χ2v) is 7.46. The molecule has 1 aromatic rings. The van der Waals surface area contributed by atoms with E-state index in [1.54, 1.807) is 4.90 Å². The van der Waals surface area contributed by atoms with Gasteiger partial charge in [0.2, 0.25) is 5.91 Å². The van der Waals surface area contributed by atoms with E-state index in [-0.39, 0.29) is 30.3 Å². The molecule has 2 atom stereocenters. The van der Waals surface area contributed by atoms with Gasteiger partial charge in [0.15, 0.2) is 0 Å². The predicted molar refractivity (Wildman–Crippen MR) is 97.6 cm³/mol. The topological polar surface area (TPSA) is 81.1 Å². The van der Waals surface area contributed by atoms with E-state index < -0.39 is 6.10 Å². The number of aliphatic hydroxyl groups is 2. The molecule has 2 N–H and O–H groups in total. The van der Waals surface area contributed by atoms with E-state index in [1.165, 1.54) is 0 Å². The molecular weight excluding hydrogens is 332 g/mol. The van der Waals surface area contributed by atoms with Gasteiger partial charge < -0.3 is 20.0 Å². The fourth-order valence-corrected chi connectivity index (χ4v) is 3.96. The Morgan fingerprint density at radius 2 is 1.73 bits per heavy atom. The van der Waals surface area contributed by atoms with Gasteiger partial charge in [0.05, 0.1) is 6.10 Å². The van der Waals surface area contributed by atoms with Crippen LogP contribution < -0.4 is 0 Å². The molecule has 0 saturated carbocycles. The number of nitrogens with zero attached hydrogens (tertiary/aromatic N) is 2. The van der Waals surface area contributed by atoms with Crippen molar-refractivity contribution in [1.29, 1.82) is 0 Å². The number of benzene rings is 1. The smallest absolute Gasteiger partial charge is 0.254 e. The maximum Gasteiger partial charge on any atom is 0.254 e. The number of aryl methyl sites for hydroxylation is 1. The Morgan fingerprint density at radius 1 is 1.08 bits per heavy atom. The van der Waals surface area contributed by atoms with E-state index in [0.29, 0.717) is 45.4 Å². The first-order chi connectivity index (χ1) is 12.5. The number of amides is 2. The highest BCUT2D eigenvalue weighted by Crippen LogP contribution is 2.25. The summed E-state index contributed by atoms with van der Waals surface area (Å²) in [5, 5.41) is 19.3. The monoisotopic (exact) mass is 360 g/mol. The molecule has 0 radical (unpaired) electrons. The van der Waals surface area contributed by atoms with Crippen LogP contribution >= 0.6 is 0 Å². The summed E-state index contributed by atoms with van der Waals surface area (Å²) in [7, 11) is 0. The van der Waals surface area contributed by atoms with Crippen LogP contribution in [0, 0.1) is 18.8 Å².